The van der Waals surface area contributed by atoms with Crippen molar-refractivity contribution in [2.24, 2.45) is 0 Å². The van der Waals surface area contributed by atoms with Gasteiger partial charge in [-0.25, -0.2) is 0 Å². The van der Waals surface area contributed by atoms with Gasteiger partial charge >= 0.3 is 0 Å². The van der Waals surface area contributed by atoms with Crippen LogP contribution in [-0.4, -0.2) is 21.8 Å². The smallest absolute Gasteiger partial charge is 0.179 e. The number of benzene rings is 11. The molecule has 0 aliphatic carbocycles. The van der Waals surface area contributed by atoms with Crippen LogP contribution in [0, 0.1) is 0 Å². The summed E-state index contributed by atoms with van der Waals surface area (Å²) in [5, 5.41) is 12.8. The van der Waals surface area contributed by atoms with Crippen LogP contribution in [0.3, 0.4) is 0 Å². The third-order valence-electron chi connectivity index (χ3n) is 14.8. The molecule has 0 saturated heterocycles. The van der Waals surface area contributed by atoms with E-state index in [9.17, 15) is 0 Å². The Morgan fingerprint density at radius 3 is 1.36 bits per heavy atom. The first-order chi connectivity index (χ1) is 34.8. The van der Waals surface area contributed by atoms with Crippen molar-refractivity contribution in [1.82, 2.24) is 13.7 Å². The molecule has 328 valence electrons. The second-order valence-corrected chi connectivity index (χ2v) is 22.2. The Labute approximate surface area is 407 Å². The van der Waals surface area contributed by atoms with Crippen molar-refractivity contribution in [2.45, 2.75) is 0 Å². The van der Waals surface area contributed by atoms with Crippen molar-refractivity contribution in [3.8, 4) is 28.2 Å². The summed E-state index contributed by atoms with van der Waals surface area (Å²) in [6, 6.07) is 101. The van der Waals surface area contributed by atoms with Crippen LogP contribution in [0.5, 0.6) is 0 Å². The minimum absolute atomic E-state index is 1.14. The molecular weight excluding hydrogens is 863 g/mol. The number of hydrogen-bond acceptors (Lipinski definition) is 0. The van der Waals surface area contributed by atoms with Gasteiger partial charge in [0.2, 0.25) is 0 Å². The number of aromatic nitrogens is 3. The van der Waals surface area contributed by atoms with Gasteiger partial charge in [-0.05, 0) is 86.5 Å². The molecule has 3 aromatic heterocycles. The average molecular weight is 908 g/mol. The average Bonchev–Trinajstić information content (AvgIpc) is 4.08. The Kier molecular flexibility index (Phi) is 9.23. The molecule has 0 aliphatic heterocycles. The summed E-state index contributed by atoms with van der Waals surface area (Å²) < 4.78 is 7.56. The zero-order valence-corrected chi connectivity index (χ0v) is 39.3. The number of hydrogen-bond donors (Lipinski definition) is 0. The standard InChI is InChI=1S/C66H45N3Si/c1-5-22-46(23-6-1)47-42-43-55-53-32-13-16-36-58(53)68(64(55)44-47)63-41-20-35-56-54-33-14-17-37-59(54)69(66(56)63)62-40-21-39-61-65(62)57-34-15-18-38-60(57)67(61)48-24-19-31-52(45-48)70(49-25-7-2-8-26-49,50-27-9-3-10-28-50)51-29-11-4-12-30-51/h1-45H. The first-order valence-corrected chi connectivity index (χ1v) is 26.2. The number of fused-ring (bicyclic) bond motifs is 9. The van der Waals surface area contributed by atoms with Gasteiger partial charge < -0.3 is 13.7 Å². The Morgan fingerprint density at radius 1 is 0.243 bits per heavy atom. The zero-order chi connectivity index (χ0) is 46.2. The monoisotopic (exact) mass is 907 g/mol. The summed E-state index contributed by atoms with van der Waals surface area (Å²) in [6.45, 7) is 0. The van der Waals surface area contributed by atoms with E-state index in [1.807, 2.05) is 0 Å². The molecule has 0 atom stereocenters. The Bertz CT molecular complexity index is 4180. The molecule has 0 saturated carbocycles. The summed E-state index contributed by atoms with van der Waals surface area (Å²) in [5.74, 6) is 0. The van der Waals surface area contributed by atoms with Crippen LogP contribution < -0.4 is 20.7 Å². The van der Waals surface area contributed by atoms with Crippen molar-refractivity contribution in [3.63, 3.8) is 0 Å². The molecule has 0 spiro atoms. The third kappa shape index (κ3) is 5.94. The SMILES string of the molecule is c1ccc(-c2ccc3c4ccccc4n(-c4cccc5c6ccccc6n(-c6cccc7c6c6ccccc6n7-c6cccc([Si](c7ccccc7)(c7ccccc7)c7ccccc7)c6)c45)c3c2)cc1. The van der Waals surface area contributed by atoms with Gasteiger partial charge in [-0.2, -0.15) is 0 Å². The van der Waals surface area contributed by atoms with Gasteiger partial charge in [0.05, 0.1) is 44.5 Å². The van der Waals surface area contributed by atoms with Crippen LogP contribution in [0.15, 0.2) is 273 Å². The van der Waals surface area contributed by atoms with Crippen molar-refractivity contribution >= 4 is 94.2 Å². The first kappa shape index (κ1) is 40.1. The van der Waals surface area contributed by atoms with Gasteiger partial charge in [0.1, 0.15) is 0 Å². The molecular formula is C66H45N3Si. The fourth-order valence-corrected chi connectivity index (χ4v) is 16.7. The van der Waals surface area contributed by atoms with Crippen LogP contribution in [0.2, 0.25) is 0 Å². The predicted molar refractivity (Wildman–Crippen MR) is 299 cm³/mol. The number of para-hydroxylation sites is 4. The molecule has 4 heteroatoms. The molecule has 3 heterocycles. The van der Waals surface area contributed by atoms with E-state index in [-0.39, 0.29) is 0 Å². The van der Waals surface area contributed by atoms with Gasteiger partial charge in [0.15, 0.2) is 8.07 Å². The third-order valence-corrected chi connectivity index (χ3v) is 19.5. The topological polar surface area (TPSA) is 14.8 Å². The Morgan fingerprint density at radius 2 is 0.700 bits per heavy atom. The second-order valence-electron chi connectivity index (χ2n) is 18.4. The highest BCUT2D eigenvalue weighted by atomic mass is 28.3. The van der Waals surface area contributed by atoms with E-state index in [0.717, 1.165) is 22.6 Å². The van der Waals surface area contributed by atoms with E-state index >= 15 is 0 Å². The van der Waals surface area contributed by atoms with E-state index < -0.39 is 8.07 Å². The lowest BCUT2D eigenvalue weighted by Crippen LogP contribution is -2.74. The molecule has 0 aliphatic rings. The van der Waals surface area contributed by atoms with E-state index in [1.54, 1.807) is 0 Å². The minimum atomic E-state index is -2.81. The van der Waals surface area contributed by atoms with Gasteiger partial charge in [-0.15, -0.1) is 0 Å². The molecule has 14 rings (SSSR count). The van der Waals surface area contributed by atoms with E-state index in [0.29, 0.717) is 0 Å². The molecule has 0 radical (unpaired) electrons. The minimum Gasteiger partial charge on any atom is -0.309 e. The van der Waals surface area contributed by atoms with Gasteiger partial charge in [0, 0.05) is 38.0 Å². The van der Waals surface area contributed by atoms with Crippen LogP contribution in [0.1, 0.15) is 0 Å². The maximum Gasteiger partial charge on any atom is 0.179 e. The van der Waals surface area contributed by atoms with Gasteiger partial charge in [-0.3, -0.25) is 0 Å². The molecule has 0 fully saturated rings. The van der Waals surface area contributed by atoms with Crippen molar-refractivity contribution in [1.29, 1.82) is 0 Å². The van der Waals surface area contributed by atoms with Crippen LogP contribution in [0.25, 0.3) is 93.6 Å². The molecule has 0 amide bonds. The highest BCUT2D eigenvalue weighted by Gasteiger charge is 2.41. The van der Waals surface area contributed by atoms with Crippen molar-refractivity contribution < 1.29 is 0 Å². The molecule has 3 nitrogen and oxygen atoms in total. The maximum absolute atomic E-state index is 2.81. The summed E-state index contributed by atoms with van der Waals surface area (Å²) in [6.07, 6.45) is 0. The molecule has 0 bridgehead atoms. The van der Waals surface area contributed by atoms with Crippen LogP contribution in [-0.2, 0) is 0 Å². The van der Waals surface area contributed by atoms with E-state index in [4.69, 9.17) is 0 Å². The summed E-state index contributed by atoms with van der Waals surface area (Å²) >= 11 is 0. The van der Waals surface area contributed by atoms with Gasteiger partial charge in [-0.1, -0.05) is 218 Å². The fourth-order valence-electron chi connectivity index (χ4n) is 11.9. The lowest BCUT2D eigenvalue weighted by atomic mass is 10.0. The van der Waals surface area contributed by atoms with Crippen molar-refractivity contribution in [2.75, 3.05) is 0 Å². The zero-order valence-electron chi connectivity index (χ0n) is 38.3. The number of rotatable bonds is 8. The van der Waals surface area contributed by atoms with Crippen molar-refractivity contribution in [3.05, 3.63) is 273 Å². The first-order valence-electron chi connectivity index (χ1n) is 24.2. The molecule has 0 N–H and O–H groups in total. The molecule has 11 aromatic carbocycles. The summed E-state index contributed by atoms with van der Waals surface area (Å²) in [5.41, 5.74) is 12.9. The highest BCUT2D eigenvalue weighted by molar-refractivity contribution is 7.19. The Hall–Kier alpha value is -8.96. The van der Waals surface area contributed by atoms with E-state index in [1.165, 1.54) is 91.8 Å². The second kappa shape index (κ2) is 16.1. The Balaban J connectivity index is 1.05. The maximum atomic E-state index is 2.55. The predicted octanol–water partition coefficient (Wildman–Crippen LogP) is 14.0. The summed E-state index contributed by atoms with van der Waals surface area (Å²) in [4.78, 5) is 0. The number of nitrogens with zero attached hydrogens (tertiary/aromatic N) is 3. The molecule has 14 aromatic rings. The lowest BCUT2D eigenvalue weighted by molar-refractivity contribution is 1.14. The molecule has 70 heavy (non-hydrogen) atoms. The van der Waals surface area contributed by atoms with Crippen LogP contribution in [0.4, 0.5) is 0 Å². The van der Waals surface area contributed by atoms with Crippen LogP contribution >= 0.6 is 0 Å². The molecule has 0 unspecified atom stereocenters. The quantitative estimate of drug-likeness (QED) is 0.107. The lowest BCUT2D eigenvalue weighted by Gasteiger charge is -2.34. The van der Waals surface area contributed by atoms with E-state index in [2.05, 4.69) is 287 Å². The summed E-state index contributed by atoms with van der Waals surface area (Å²) in [7, 11) is -2.81. The van der Waals surface area contributed by atoms with Gasteiger partial charge in [0.25, 0.3) is 0 Å². The normalized spacial score (nSPS) is 12.0. The largest absolute Gasteiger partial charge is 0.309 e. The fraction of sp³-hybridized carbons (Fsp3) is 0. The highest BCUT2D eigenvalue weighted by Crippen LogP contribution is 2.43.